The monoisotopic (exact) mass is 492 g/mol. The number of hydrogen-bond donors (Lipinski definition) is 3. The Morgan fingerprint density at radius 2 is 0.667 bits per heavy atom. The summed E-state index contributed by atoms with van der Waals surface area (Å²) in [5, 5.41) is 27.3. The van der Waals surface area contributed by atoms with Gasteiger partial charge >= 0.3 is 17.9 Å². The first-order valence-corrected chi connectivity index (χ1v) is 10.3. The number of benzene rings is 4. The minimum Gasteiger partial charge on any atom is -0.478 e. The van der Waals surface area contributed by atoms with Gasteiger partial charge in [-0.3, -0.25) is 0 Å². The molecule has 9 heteroatoms. The molecule has 0 unspecified atom stereocenters. The molecule has 0 bridgehead atoms. The third-order valence-electron chi connectivity index (χ3n) is 5.53. The van der Waals surface area contributed by atoms with E-state index < -0.39 is 52.0 Å². The number of carbonyl (C=O) groups is 3. The highest BCUT2D eigenvalue weighted by Gasteiger charge is 2.16. The number of halogens is 3. The van der Waals surface area contributed by atoms with Crippen LogP contribution in [-0.2, 0) is 0 Å². The van der Waals surface area contributed by atoms with Crippen molar-refractivity contribution >= 4 is 17.9 Å². The van der Waals surface area contributed by atoms with Gasteiger partial charge < -0.3 is 15.3 Å². The third-order valence-corrected chi connectivity index (χ3v) is 5.53. The molecule has 0 fully saturated rings. The first kappa shape index (κ1) is 24.2. The summed E-state index contributed by atoms with van der Waals surface area (Å²) in [5.41, 5.74) is 0.298. The van der Waals surface area contributed by atoms with Crippen LogP contribution in [0, 0.1) is 17.5 Å². The van der Waals surface area contributed by atoms with E-state index in [4.69, 9.17) is 15.3 Å². The molecule has 0 atom stereocenters. The van der Waals surface area contributed by atoms with E-state index in [1.54, 1.807) is 18.2 Å². The Bertz CT molecular complexity index is 1360. The Morgan fingerprint density at radius 3 is 0.861 bits per heavy atom. The van der Waals surface area contributed by atoms with Gasteiger partial charge in [0.25, 0.3) is 0 Å². The fourth-order valence-corrected chi connectivity index (χ4v) is 3.73. The van der Waals surface area contributed by atoms with Crippen molar-refractivity contribution in [2.24, 2.45) is 0 Å². The molecular formula is C27H15F3O6. The Labute approximate surface area is 201 Å². The standard InChI is InChI=1S/C27H15F3O6/c28-22-10-13(1-4-19(22)25(31)32)16-7-17(14-2-5-20(26(33)34)23(29)11-14)9-18(8-16)15-3-6-21(27(35)36)24(30)12-15/h1-12H,(H,31,32)(H,33,34)(H,35,36). The number of hydrogen-bond acceptors (Lipinski definition) is 3. The SMILES string of the molecule is O=C(O)c1ccc(-c2cc(-c3ccc(C(=O)O)c(F)c3)cc(-c3ccc(C(=O)O)c(F)c3)c2)cc1F. The van der Waals surface area contributed by atoms with Gasteiger partial charge in [-0.05, 0) is 88.0 Å². The molecule has 0 spiro atoms. The lowest BCUT2D eigenvalue weighted by atomic mass is 9.92. The van der Waals surface area contributed by atoms with Crippen LogP contribution in [0.2, 0.25) is 0 Å². The number of aromatic carboxylic acids is 3. The zero-order valence-corrected chi connectivity index (χ0v) is 18.1. The van der Waals surface area contributed by atoms with Crippen LogP contribution in [0.5, 0.6) is 0 Å². The van der Waals surface area contributed by atoms with Crippen molar-refractivity contribution in [3.8, 4) is 33.4 Å². The van der Waals surface area contributed by atoms with E-state index in [0.29, 0.717) is 16.7 Å². The van der Waals surface area contributed by atoms with Gasteiger partial charge in [-0.2, -0.15) is 0 Å². The minimum atomic E-state index is -1.45. The highest BCUT2D eigenvalue weighted by Crippen LogP contribution is 2.34. The molecule has 3 N–H and O–H groups in total. The Balaban J connectivity index is 1.92. The molecule has 0 radical (unpaired) electrons. The Hall–Kier alpha value is -4.92. The molecule has 0 amide bonds. The van der Waals surface area contributed by atoms with Crippen molar-refractivity contribution in [2.45, 2.75) is 0 Å². The second-order valence-electron chi connectivity index (χ2n) is 7.80. The average molecular weight is 492 g/mol. The van der Waals surface area contributed by atoms with Gasteiger partial charge in [0.15, 0.2) is 0 Å². The van der Waals surface area contributed by atoms with Crippen LogP contribution in [-0.4, -0.2) is 33.2 Å². The van der Waals surface area contributed by atoms with Crippen molar-refractivity contribution in [2.75, 3.05) is 0 Å². The maximum absolute atomic E-state index is 14.4. The maximum Gasteiger partial charge on any atom is 0.338 e. The van der Waals surface area contributed by atoms with E-state index in [1.807, 2.05) is 0 Å². The second kappa shape index (κ2) is 9.38. The Morgan fingerprint density at radius 1 is 0.417 bits per heavy atom. The van der Waals surface area contributed by atoms with E-state index in [9.17, 15) is 27.6 Å². The molecule has 4 aromatic rings. The first-order valence-electron chi connectivity index (χ1n) is 10.3. The van der Waals surface area contributed by atoms with E-state index in [0.717, 1.165) is 36.4 Å². The molecule has 0 saturated heterocycles. The summed E-state index contributed by atoms with van der Waals surface area (Å²) in [6.45, 7) is 0. The predicted molar refractivity (Wildman–Crippen MR) is 124 cm³/mol. The molecular weight excluding hydrogens is 477 g/mol. The molecule has 6 nitrogen and oxygen atoms in total. The second-order valence-corrected chi connectivity index (χ2v) is 7.80. The quantitative estimate of drug-likeness (QED) is 0.296. The molecule has 180 valence electrons. The number of carboxylic acid groups (broad SMARTS) is 3. The molecule has 36 heavy (non-hydrogen) atoms. The molecule has 0 saturated carbocycles. The number of rotatable bonds is 6. The van der Waals surface area contributed by atoms with Crippen LogP contribution in [0.4, 0.5) is 13.2 Å². The van der Waals surface area contributed by atoms with Crippen LogP contribution in [0.15, 0.2) is 72.8 Å². The lowest BCUT2D eigenvalue weighted by molar-refractivity contribution is 0.0680. The third kappa shape index (κ3) is 4.67. The van der Waals surface area contributed by atoms with Crippen molar-refractivity contribution in [3.63, 3.8) is 0 Å². The summed E-state index contributed by atoms with van der Waals surface area (Å²) in [7, 11) is 0. The summed E-state index contributed by atoms with van der Waals surface area (Å²) >= 11 is 0. The fourth-order valence-electron chi connectivity index (χ4n) is 3.73. The summed E-state index contributed by atoms with van der Waals surface area (Å²) in [6.07, 6.45) is 0. The van der Waals surface area contributed by atoms with Gasteiger partial charge in [0.2, 0.25) is 0 Å². The van der Waals surface area contributed by atoms with E-state index in [2.05, 4.69) is 0 Å². The zero-order valence-electron chi connectivity index (χ0n) is 18.1. The van der Waals surface area contributed by atoms with Crippen LogP contribution in [0.25, 0.3) is 33.4 Å². The van der Waals surface area contributed by atoms with Gasteiger partial charge in [-0.15, -0.1) is 0 Å². The lowest BCUT2D eigenvalue weighted by Gasteiger charge is -2.13. The van der Waals surface area contributed by atoms with Crippen LogP contribution >= 0.6 is 0 Å². The van der Waals surface area contributed by atoms with Crippen molar-refractivity contribution in [1.29, 1.82) is 0 Å². The van der Waals surface area contributed by atoms with Gasteiger partial charge in [-0.25, -0.2) is 27.6 Å². The predicted octanol–water partition coefficient (Wildman–Crippen LogP) is 6.20. The highest BCUT2D eigenvalue weighted by molar-refractivity contribution is 5.91. The molecule has 4 aromatic carbocycles. The smallest absolute Gasteiger partial charge is 0.338 e. The molecule has 0 aliphatic rings. The van der Waals surface area contributed by atoms with Crippen molar-refractivity contribution in [1.82, 2.24) is 0 Å². The fraction of sp³-hybridized carbons (Fsp3) is 0. The van der Waals surface area contributed by atoms with Crippen molar-refractivity contribution < 1.29 is 42.9 Å². The average Bonchev–Trinajstić information content (AvgIpc) is 2.82. The van der Waals surface area contributed by atoms with E-state index in [1.165, 1.54) is 18.2 Å². The van der Waals surface area contributed by atoms with Gasteiger partial charge in [0.1, 0.15) is 17.5 Å². The van der Waals surface area contributed by atoms with Gasteiger partial charge in [0, 0.05) is 0 Å². The Kier molecular flexibility index (Phi) is 6.31. The molecule has 0 aromatic heterocycles. The summed E-state index contributed by atoms with van der Waals surface area (Å²) in [6, 6.07) is 15.1. The highest BCUT2D eigenvalue weighted by atomic mass is 19.1. The van der Waals surface area contributed by atoms with Crippen molar-refractivity contribution in [3.05, 3.63) is 107 Å². The van der Waals surface area contributed by atoms with Crippen LogP contribution in [0.3, 0.4) is 0 Å². The summed E-state index contributed by atoms with van der Waals surface area (Å²) in [4.78, 5) is 33.5. The first-order chi connectivity index (χ1) is 17.0. The molecule has 0 heterocycles. The normalized spacial score (nSPS) is 10.8. The minimum absolute atomic E-state index is 0.269. The lowest BCUT2D eigenvalue weighted by Crippen LogP contribution is -2.01. The van der Waals surface area contributed by atoms with Gasteiger partial charge in [0.05, 0.1) is 16.7 Å². The summed E-state index contributed by atoms with van der Waals surface area (Å²) in [5.74, 6) is -7.30. The molecule has 0 aliphatic heterocycles. The van der Waals surface area contributed by atoms with Crippen LogP contribution < -0.4 is 0 Å². The molecule has 4 rings (SSSR count). The topological polar surface area (TPSA) is 112 Å². The maximum atomic E-state index is 14.4. The van der Waals surface area contributed by atoms with Crippen LogP contribution in [0.1, 0.15) is 31.1 Å². The number of carboxylic acids is 3. The van der Waals surface area contributed by atoms with E-state index >= 15 is 0 Å². The largest absolute Gasteiger partial charge is 0.478 e. The van der Waals surface area contributed by atoms with E-state index in [-0.39, 0.29) is 16.7 Å². The summed E-state index contributed by atoms with van der Waals surface area (Å²) < 4.78 is 43.2. The zero-order chi connectivity index (χ0) is 26.1. The molecule has 0 aliphatic carbocycles. The van der Waals surface area contributed by atoms with Gasteiger partial charge in [-0.1, -0.05) is 18.2 Å².